The van der Waals surface area contributed by atoms with Crippen molar-refractivity contribution in [2.75, 3.05) is 14.2 Å². The Labute approximate surface area is 116 Å². The van der Waals surface area contributed by atoms with Crippen LogP contribution < -0.4 is 14.8 Å². The first-order valence-electron chi connectivity index (χ1n) is 7.23. The van der Waals surface area contributed by atoms with Crippen LogP contribution in [0.3, 0.4) is 0 Å². The maximum atomic E-state index is 6.23. The molecule has 0 spiro atoms. The Morgan fingerprint density at radius 3 is 2.63 bits per heavy atom. The molecular formula is C16H25NO2. The predicted octanol–water partition coefficient (Wildman–Crippen LogP) is 3.30. The summed E-state index contributed by atoms with van der Waals surface area (Å²) in [4.78, 5) is 0. The molecular weight excluding hydrogens is 238 g/mol. The maximum absolute atomic E-state index is 6.23. The number of aryl methyl sites for hydroxylation is 1. The van der Waals surface area contributed by atoms with Gasteiger partial charge in [-0.1, -0.05) is 18.9 Å². The number of hydrogen-bond acceptors (Lipinski definition) is 3. The molecule has 0 aromatic heterocycles. The first kappa shape index (κ1) is 14.2. The standard InChI is InChI=1S/C16H25NO2/c1-12-9-10-15(16(11-12)18-3)19-14-8-6-4-5-7-13(14)17-2/h9-11,13-14,17H,4-8H2,1-3H3. The molecule has 1 aliphatic carbocycles. The van der Waals surface area contributed by atoms with Gasteiger partial charge in [-0.25, -0.2) is 0 Å². The van der Waals surface area contributed by atoms with E-state index in [2.05, 4.69) is 18.3 Å². The average molecular weight is 263 g/mol. The lowest BCUT2D eigenvalue weighted by molar-refractivity contribution is 0.143. The van der Waals surface area contributed by atoms with E-state index in [9.17, 15) is 0 Å². The highest BCUT2D eigenvalue weighted by Crippen LogP contribution is 2.31. The van der Waals surface area contributed by atoms with E-state index in [1.54, 1.807) is 7.11 Å². The zero-order chi connectivity index (χ0) is 13.7. The van der Waals surface area contributed by atoms with E-state index in [-0.39, 0.29) is 6.10 Å². The van der Waals surface area contributed by atoms with Crippen molar-refractivity contribution in [1.29, 1.82) is 0 Å². The Morgan fingerprint density at radius 2 is 1.89 bits per heavy atom. The number of likely N-dealkylation sites (N-methyl/N-ethyl adjacent to an activating group) is 1. The maximum Gasteiger partial charge on any atom is 0.161 e. The van der Waals surface area contributed by atoms with Crippen LogP contribution in [0.5, 0.6) is 11.5 Å². The van der Waals surface area contributed by atoms with Crippen molar-refractivity contribution in [2.45, 2.75) is 51.2 Å². The van der Waals surface area contributed by atoms with Crippen LogP contribution in [0.2, 0.25) is 0 Å². The molecule has 0 aliphatic heterocycles. The van der Waals surface area contributed by atoms with E-state index in [1.807, 2.05) is 19.2 Å². The van der Waals surface area contributed by atoms with Crippen molar-refractivity contribution in [3.63, 3.8) is 0 Å². The third-order valence-corrected chi connectivity index (χ3v) is 3.92. The van der Waals surface area contributed by atoms with Gasteiger partial charge in [0.05, 0.1) is 7.11 Å². The topological polar surface area (TPSA) is 30.5 Å². The van der Waals surface area contributed by atoms with Crippen LogP contribution >= 0.6 is 0 Å². The Kier molecular flexibility index (Phi) is 5.08. The summed E-state index contributed by atoms with van der Waals surface area (Å²) in [6.07, 6.45) is 6.39. The summed E-state index contributed by atoms with van der Waals surface area (Å²) in [5.41, 5.74) is 1.19. The number of hydrogen-bond donors (Lipinski definition) is 1. The summed E-state index contributed by atoms with van der Waals surface area (Å²) in [5.74, 6) is 1.69. The lowest BCUT2D eigenvalue weighted by Gasteiger charge is -2.26. The van der Waals surface area contributed by atoms with Crippen LogP contribution in [0, 0.1) is 6.92 Å². The molecule has 19 heavy (non-hydrogen) atoms. The van der Waals surface area contributed by atoms with Crippen LogP contribution in [0.15, 0.2) is 18.2 Å². The molecule has 1 N–H and O–H groups in total. The van der Waals surface area contributed by atoms with Crippen LogP contribution in [-0.4, -0.2) is 26.3 Å². The molecule has 1 aromatic carbocycles. The van der Waals surface area contributed by atoms with Gasteiger partial charge in [-0.15, -0.1) is 0 Å². The second kappa shape index (κ2) is 6.80. The van der Waals surface area contributed by atoms with E-state index in [1.165, 1.54) is 31.2 Å². The first-order chi connectivity index (χ1) is 9.24. The monoisotopic (exact) mass is 263 g/mol. The van der Waals surface area contributed by atoms with E-state index in [0.717, 1.165) is 17.9 Å². The van der Waals surface area contributed by atoms with E-state index in [0.29, 0.717) is 6.04 Å². The van der Waals surface area contributed by atoms with Crippen molar-refractivity contribution >= 4 is 0 Å². The summed E-state index contributed by atoms with van der Waals surface area (Å²) in [6.45, 7) is 2.06. The molecule has 2 atom stereocenters. The van der Waals surface area contributed by atoms with Gasteiger partial charge in [0.15, 0.2) is 11.5 Å². The van der Waals surface area contributed by atoms with Crippen molar-refractivity contribution in [1.82, 2.24) is 5.32 Å². The zero-order valence-electron chi connectivity index (χ0n) is 12.2. The zero-order valence-corrected chi connectivity index (χ0v) is 12.2. The summed E-state index contributed by atoms with van der Waals surface area (Å²) in [5, 5.41) is 3.40. The Bertz CT molecular complexity index is 406. The molecule has 0 amide bonds. The van der Waals surface area contributed by atoms with Gasteiger partial charge >= 0.3 is 0 Å². The number of ether oxygens (including phenoxy) is 2. The highest BCUT2D eigenvalue weighted by molar-refractivity contribution is 5.42. The molecule has 106 valence electrons. The molecule has 0 saturated heterocycles. The summed E-state index contributed by atoms with van der Waals surface area (Å²) >= 11 is 0. The Morgan fingerprint density at radius 1 is 1.11 bits per heavy atom. The molecule has 3 heteroatoms. The second-order valence-corrected chi connectivity index (χ2v) is 5.34. The van der Waals surface area contributed by atoms with Crippen LogP contribution in [0.1, 0.15) is 37.7 Å². The largest absolute Gasteiger partial charge is 0.493 e. The van der Waals surface area contributed by atoms with Crippen LogP contribution in [0.25, 0.3) is 0 Å². The van der Waals surface area contributed by atoms with Gasteiger partial charge in [0.2, 0.25) is 0 Å². The Balaban J connectivity index is 2.13. The summed E-state index contributed by atoms with van der Waals surface area (Å²) in [7, 11) is 3.73. The first-order valence-corrected chi connectivity index (χ1v) is 7.23. The smallest absolute Gasteiger partial charge is 0.161 e. The van der Waals surface area contributed by atoms with Crippen LogP contribution in [-0.2, 0) is 0 Å². The van der Waals surface area contributed by atoms with Gasteiger partial charge in [-0.3, -0.25) is 0 Å². The Hall–Kier alpha value is -1.22. The van der Waals surface area contributed by atoms with Crippen molar-refractivity contribution in [3.8, 4) is 11.5 Å². The minimum absolute atomic E-state index is 0.240. The number of nitrogens with one attached hydrogen (secondary N) is 1. The molecule has 0 heterocycles. The fourth-order valence-corrected chi connectivity index (χ4v) is 2.78. The van der Waals surface area contributed by atoms with E-state index >= 15 is 0 Å². The van der Waals surface area contributed by atoms with Crippen LogP contribution in [0.4, 0.5) is 0 Å². The second-order valence-electron chi connectivity index (χ2n) is 5.34. The van der Waals surface area contributed by atoms with Crippen molar-refractivity contribution in [3.05, 3.63) is 23.8 Å². The third kappa shape index (κ3) is 3.63. The molecule has 0 radical (unpaired) electrons. The molecule has 1 fully saturated rings. The molecule has 0 bridgehead atoms. The molecule has 1 aliphatic rings. The summed E-state index contributed by atoms with van der Waals surface area (Å²) in [6, 6.07) is 6.56. The average Bonchev–Trinajstić information content (AvgIpc) is 2.65. The van der Waals surface area contributed by atoms with Gasteiger partial charge in [-0.2, -0.15) is 0 Å². The molecule has 2 rings (SSSR count). The lowest BCUT2D eigenvalue weighted by atomic mass is 10.1. The van der Waals surface area contributed by atoms with Gasteiger partial charge in [-0.05, 0) is 50.9 Å². The normalized spacial score (nSPS) is 23.7. The molecule has 1 aromatic rings. The summed E-state index contributed by atoms with van der Waals surface area (Å²) < 4.78 is 11.7. The minimum Gasteiger partial charge on any atom is -0.493 e. The van der Waals surface area contributed by atoms with Gasteiger partial charge < -0.3 is 14.8 Å². The third-order valence-electron chi connectivity index (χ3n) is 3.92. The number of methoxy groups -OCH3 is 1. The SMILES string of the molecule is CNC1CCCCCC1Oc1ccc(C)cc1OC. The van der Waals surface area contributed by atoms with Gasteiger partial charge in [0.1, 0.15) is 6.10 Å². The fraction of sp³-hybridized carbons (Fsp3) is 0.625. The predicted molar refractivity (Wildman–Crippen MR) is 78.1 cm³/mol. The number of benzene rings is 1. The van der Waals surface area contributed by atoms with Gasteiger partial charge in [0, 0.05) is 6.04 Å². The fourth-order valence-electron chi connectivity index (χ4n) is 2.78. The van der Waals surface area contributed by atoms with Gasteiger partial charge in [0.25, 0.3) is 0 Å². The molecule has 2 unspecified atom stereocenters. The van der Waals surface area contributed by atoms with Crippen molar-refractivity contribution < 1.29 is 9.47 Å². The van der Waals surface area contributed by atoms with E-state index in [4.69, 9.17) is 9.47 Å². The van der Waals surface area contributed by atoms with E-state index < -0.39 is 0 Å². The molecule has 3 nitrogen and oxygen atoms in total. The van der Waals surface area contributed by atoms with Crippen molar-refractivity contribution in [2.24, 2.45) is 0 Å². The lowest BCUT2D eigenvalue weighted by Crippen LogP contribution is -2.40. The quantitative estimate of drug-likeness (QED) is 0.845. The molecule has 1 saturated carbocycles. The highest BCUT2D eigenvalue weighted by Gasteiger charge is 2.24. The minimum atomic E-state index is 0.240. The highest BCUT2D eigenvalue weighted by atomic mass is 16.5. The number of rotatable bonds is 4.